The lowest BCUT2D eigenvalue weighted by Crippen LogP contribution is -2.41. The summed E-state index contributed by atoms with van der Waals surface area (Å²) in [7, 11) is 0. The second kappa shape index (κ2) is 4.17. The van der Waals surface area contributed by atoms with Gasteiger partial charge in [0.05, 0.1) is 0 Å². The fraction of sp³-hybridized carbons (Fsp3) is 0.571. The highest BCUT2D eigenvalue weighted by atomic mass is 19.1. The van der Waals surface area contributed by atoms with Gasteiger partial charge in [-0.1, -0.05) is 26.0 Å². The van der Waals surface area contributed by atoms with Crippen molar-refractivity contribution in [2.45, 2.75) is 39.2 Å². The predicted molar refractivity (Wildman–Crippen MR) is 64.9 cm³/mol. The van der Waals surface area contributed by atoms with Gasteiger partial charge in [-0.15, -0.1) is 0 Å². The van der Waals surface area contributed by atoms with Crippen LogP contribution in [0.2, 0.25) is 0 Å². The van der Waals surface area contributed by atoms with E-state index in [-0.39, 0.29) is 11.4 Å². The zero-order valence-electron chi connectivity index (χ0n) is 10.3. The highest BCUT2D eigenvalue weighted by Gasteiger charge is 2.38. The molecule has 1 nitrogen and oxygen atoms in total. The summed E-state index contributed by atoms with van der Waals surface area (Å²) in [6, 6.07) is 5.52. The third kappa shape index (κ3) is 1.75. The van der Waals surface area contributed by atoms with Crippen molar-refractivity contribution >= 4 is 0 Å². The number of aryl methyl sites for hydroxylation is 1. The van der Waals surface area contributed by atoms with E-state index in [4.69, 9.17) is 0 Å². The molecular formula is C14H20FN. The number of rotatable bonds is 2. The standard InChI is InChI=1S/C14H20FN/c1-10(2)14(7-4-8-16-14)12-5-6-13(15)11(3)9-12/h5-6,9-10,16H,4,7-8H2,1-3H3. The lowest BCUT2D eigenvalue weighted by Gasteiger charge is -2.35. The number of benzene rings is 1. The Labute approximate surface area is 97.1 Å². The summed E-state index contributed by atoms with van der Waals surface area (Å²) in [5, 5.41) is 3.61. The van der Waals surface area contributed by atoms with Crippen LogP contribution in [0, 0.1) is 18.7 Å². The molecule has 1 aromatic rings. The summed E-state index contributed by atoms with van der Waals surface area (Å²) in [5.41, 5.74) is 2.03. The van der Waals surface area contributed by atoms with E-state index in [9.17, 15) is 4.39 Å². The van der Waals surface area contributed by atoms with E-state index >= 15 is 0 Å². The number of hydrogen-bond acceptors (Lipinski definition) is 1. The Hall–Kier alpha value is -0.890. The molecule has 1 aliphatic rings. The Morgan fingerprint density at radius 3 is 2.62 bits per heavy atom. The summed E-state index contributed by atoms with van der Waals surface area (Å²) in [5.74, 6) is 0.417. The minimum atomic E-state index is -0.111. The lowest BCUT2D eigenvalue weighted by atomic mass is 9.78. The van der Waals surface area contributed by atoms with Gasteiger partial charge in [-0.2, -0.15) is 0 Å². The largest absolute Gasteiger partial charge is 0.307 e. The molecule has 1 saturated heterocycles. The van der Waals surface area contributed by atoms with Gasteiger partial charge in [-0.05, 0) is 49.4 Å². The first-order valence-corrected chi connectivity index (χ1v) is 6.08. The summed E-state index contributed by atoms with van der Waals surface area (Å²) in [6.07, 6.45) is 2.35. The van der Waals surface area contributed by atoms with Crippen LogP contribution in [0.15, 0.2) is 18.2 Å². The second-order valence-corrected chi connectivity index (χ2v) is 5.12. The molecule has 88 valence electrons. The van der Waals surface area contributed by atoms with Gasteiger partial charge in [0.25, 0.3) is 0 Å². The lowest BCUT2D eigenvalue weighted by molar-refractivity contribution is 0.277. The number of hydrogen-bond donors (Lipinski definition) is 1. The molecule has 1 aromatic carbocycles. The van der Waals surface area contributed by atoms with Crippen molar-refractivity contribution in [3.63, 3.8) is 0 Å². The van der Waals surface area contributed by atoms with Crippen molar-refractivity contribution in [1.82, 2.24) is 5.32 Å². The SMILES string of the molecule is Cc1cc(C2(C(C)C)CCCN2)ccc1F. The van der Waals surface area contributed by atoms with E-state index in [2.05, 4.69) is 19.2 Å². The molecular weight excluding hydrogens is 201 g/mol. The van der Waals surface area contributed by atoms with Gasteiger partial charge in [0, 0.05) is 5.54 Å². The van der Waals surface area contributed by atoms with Crippen LogP contribution in [0.5, 0.6) is 0 Å². The minimum Gasteiger partial charge on any atom is -0.307 e. The van der Waals surface area contributed by atoms with Crippen LogP contribution in [0.1, 0.15) is 37.8 Å². The highest BCUT2D eigenvalue weighted by Crippen LogP contribution is 2.38. The van der Waals surface area contributed by atoms with Crippen molar-refractivity contribution in [1.29, 1.82) is 0 Å². The van der Waals surface area contributed by atoms with Crippen LogP contribution in [0.3, 0.4) is 0 Å². The van der Waals surface area contributed by atoms with Gasteiger partial charge in [0.2, 0.25) is 0 Å². The normalized spacial score (nSPS) is 25.3. The molecule has 2 rings (SSSR count). The van der Waals surface area contributed by atoms with E-state index < -0.39 is 0 Å². The topological polar surface area (TPSA) is 12.0 Å². The molecule has 16 heavy (non-hydrogen) atoms. The predicted octanol–water partition coefficient (Wildman–Crippen LogP) is 3.37. The molecule has 1 atom stereocenters. The molecule has 0 saturated carbocycles. The maximum atomic E-state index is 13.3. The molecule has 1 fully saturated rings. The van der Waals surface area contributed by atoms with Crippen molar-refractivity contribution in [3.05, 3.63) is 35.1 Å². The Morgan fingerprint density at radius 1 is 1.38 bits per heavy atom. The number of nitrogens with one attached hydrogen (secondary N) is 1. The average Bonchev–Trinajstić information content (AvgIpc) is 2.72. The molecule has 0 spiro atoms. The molecule has 0 aliphatic carbocycles. The fourth-order valence-electron chi connectivity index (χ4n) is 2.76. The smallest absolute Gasteiger partial charge is 0.126 e. The molecule has 0 aromatic heterocycles. The Morgan fingerprint density at radius 2 is 2.12 bits per heavy atom. The first-order chi connectivity index (χ1) is 7.56. The Kier molecular flexibility index (Phi) is 3.02. The summed E-state index contributed by atoms with van der Waals surface area (Å²) in [6.45, 7) is 7.37. The van der Waals surface area contributed by atoms with E-state index in [1.54, 1.807) is 6.07 Å². The zero-order chi connectivity index (χ0) is 11.8. The number of halogens is 1. The van der Waals surface area contributed by atoms with Crippen molar-refractivity contribution in [2.75, 3.05) is 6.54 Å². The van der Waals surface area contributed by atoms with Crippen LogP contribution in [-0.4, -0.2) is 6.54 Å². The van der Waals surface area contributed by atoms with Gasteiger partial charge in [-0.25, -0.2) is 4.39 Å². The monoisotopic (exact) mass is 221 g/mol. The second-order valence-electron chi connectivity index (χ2n) is 5.12. The summed E-state index contributed by atoms with van der Waals surface area (Å²) >= 11 is 0. The van der Waals surface area contributed by atoms with Crippen LogP contribution >= 0.6 is 0 Å². The Bertz CT molecular complexity index is 378. The first kappa shape index (κ1) is 11.6. The molecule has 1 N–H and O–H groups in total. The van der Waals surface area contributed by atoms with Crippen molar-refractivity contribution in [3.8, 4) is 0 Å². The molecule has 1 heterocycles. The van der Waals surface area contributed by atoms with Crippen LogP contribution in [0.4, 0.5) is 4.39 Å². The van der Waals surface area contributed by atoms with E-state index in [0.717, 1.165) is 18.5 Å². The molecule has 1 aliphatic heterocycles. The Balaban J connectivity index is 2.43. The maximum Gasteiger partial charge on any atom is 0.126 e. The van der Waals surface area contributed by atoms with E-state index in [1.165, 1.54) is 12.0 Å². The minimum absolute atomic E-state index is 0.0540. The quantitative estimate of drug-likeness (QED) is 0.807. The summed E-state index contributed by atoms with van der Waals surface area (Å²) in [4.78, 5) is 0. The van der Waals surface area contributed by atoms with Crippen molar-refractivity contribution < 1.29 is 4.39 Å². The first-order valence-electron chi connectivity index (χ1n) is 6.08. The van der Waals surface area contributed by atoms with Gasteiger partial charge < -0.3 is 5.32 Å². The molecule has 1 unspecified atom stereocenters. The van der Waals surface area contributed by atoms with Crippen LogP contribution in [0.25, 0.3) is 0 Å². The highest BCUT2D eigenvalue weighted by molar-refractivity contribution is 5.31. The average molecular weight is 221 g/mol. The third-order valence-corrected chi connectivity index (χ3v) is 3.85. The maximum absolute atomic E-state index is 13.3. The fourth-order valence-corrected chi connectivity index (χ4v) is 2.76. The van der Waals surface area contributed by atoms with E-state index in [0.29, 0.717) is 5.92 Å². The van der Waals surface area contributed by atoms with Crippen LogP contribution < -0.4 is 5.32 Å². The van der Waals surface area contributed by atoms with E-state index in [1.807, 2.05) is 19.1 Å². The summed E-state index contributed by atoms with van der Waals surface area (Å²) < 4.78 is 13.3. The van der Waals surface area contributed by atoms with Gasteiger partial charge in [0.1, 0.15) is 5.82 Å². The van der Waals surface area contributed by atoms with Crippen molar-refractivity contribution in [2.24, 2.45) is 5.92 Å². The zero-order valence-corrected chi connectivity index (χ0v) is 10.3. The molecule has 0 amide bonds. The van der Waals surface area contributed by atoms with Crippen LogP contribution in [-0.2, 0) is 5.54 Å². The third-order valence-electron chi connectivity index (χ3n) is 3.85. The molecule has 2 heteroatoms. The molecule has 0 radical (unpaired) electrons. The molecule has 0 bridgehead atoms. The van der Waals surface area contributed by atoms with Gasteiger partial charge >= 0.3 is 0 Å². The van der Waals surface area contributed by atoms with Gasteiger partial charge in [-0.3, -0.25) is 0 Å². The van der Waals surface area contributed by atoms with Gasteiger partial charge in [0.15, 0.2) is 0 Å².